The number of rotatable bonds is 6. The lowest BCUT2D eigenvalue weighted by Crippen LogP contribution is -2.43. The first-order valence-corrected chi connectivity index (χ1v) is 8.50. The van der Waals surface area contributed by atoms with Crippen molar-refractivity contribution in [1.82, 2.24) is 10.6 Å². The second kappa shape index (κ2) is 8.89. The van der Waals surface area contributed by atoms with Gasteiger partial charge < -0.3 is 20.5 Å². The van der Waals surface area contributed by atoms with Crippen molar-refractivity contribution < 1.29 is 9.84 Å². The molecule has 0 spiro atoms. The molecule has 128 valence electrons. The topological polar surface area (TPSA) is 65.9 Å². The molecule has 1 saturated heterocycles. The Balaban J connectivity index is 1.88. The number of aliphatic imine (C=N–C) groups is 1. The summed E-state index contributed by atoms with van der Waals surface area (Å²) >= 11 is 0. The van der Waals surface area contributed by atoms with Crippen LogP contribution in [0.2, 0.25) is 0 Å². The Morgan fingerprint density at radius 1 is 1.26 bits per heavy atom. The highest BCUT2D eigenvalue weighted by Crippen LogP contribution is 2.20. The summed E-state index contributed by atoms with van der Waals surface area (Å²) in [6, 6.07) is 10.4. The van der Waals surface area contributed by atoms with Crippen LogP contribution >= 0.6 is 0 Å². The minimum absolute atomic E-state index is 0.395. The molecule has 0 radical (unpaired) electrons. The van der Waals surface area contributed by atoms with Gasteiger partial charge in [-0.3, -0.25) is 4.99 Å². The van der Waals surface area contributed by atoms with Gasteiger partial charge in [0.15, 0.2) is 5.96 Å². The van der Waals surface area contributed by atoms with Crippen molar-refractivity contribution in [2.45, 2.75) is 38.2 Å². The number of aliphatic hydroxyl groups is 1. The summed E-state index contributed by atoms with van der Waals surface area (Å²) in [6.07, 6.45) is 1.30. The van der Waals surface area contributed by atoms with Gasteiger partial charge in [0.05, 0.1) is 12.1 Å². The smallest absolute Gasteiger partial charge is 0.191 e. The van der Waals surface area contributed by atoms with E-state index in [1.54, 1.807) is 0 Å². The highest BCUT2D eigenvalue weighted by molar-refractivity contribution is 5.79. The average Bonchev–Trinajstić information content (AvgIpc) is 2.58. The van der Waals surface area contributed by atoms with Crippen LogP contribution in [-0.2, 0) is 4.74 Å². The molecule has 23 heavy (non-hydrogen) atoms. The second-order valence-electron chi connectivity index (χ2n) is 6.22. The van der Waals surface area contributed by atoms with Gasteiger partial charge in [0.25, 0.3) is 0 Å². The molecule has 0 aromatic heterocycles. The number of hydrogen-bond acceptors (Lipinski definition) is 3. The summed E-state index contributed by atoms with van der Waals surface area (Å²) in [5, 5.41) is 17.1. The van der Waals surface area contributed by atoms with Crippen molar-refractivity contribution in [3.63, 3.8) is 0 Å². The molecule has 1 heterocycles. The SMILES string of the molecule is CCNC(=NCC1(O)CCOCC1)NCC(C)c1ccccc1. The van der Waals surface area contributed by atoms with Crippen molar-refractivity contribution in [2.75, 3.05) is 32.8 Å². The molecule has 5 heteroatoms. The van der Waals surface area contributed by atoms with E-state index < -0.39 is 5.60 Å². The van der Waals surface area contributed by atoms with E-state index in [1.165, 1.54) is 5.56 Å². The summed E-state index contributed by atoms with van der Waals surface area (Å²) < 4.78 is 5.31. The van der Waals surface area contributed by atoms with E-state index >= 15 is 0 Å². The lowest BCUT2D eigenvalue weighted by molar-refractivity contribution is -0.0565. The Bertz CT molecular complexity index is 484. The maximum atomic E-state index is 10.5. The van der Waals surface area contributed by atoms with Crippen molar-refractivity contribution in [3.05, 3.63) is 35.9 Å². The number of nitrogens with one attached hydrogen (secondary N) is 2. The first-order chi connectivity index (χ1) is 11.1. The van der Waals surface area contributed by atoms with Crippen LogP contribution in [-0.4, -0.2) is 49.5 Å². The standard InChI is InChI=1S/C18H29N3O2/c1-3-19-17(21-14-18(22)9-11-23-12-10-18)20-13-15(2)16-7-5-4-6-8-16/h4-8,15,22H,3,9-14H2,1-2H3,(H2,19,20,21). The van der Waals surface area contributed by atoms with Crippen molar-refractivity contribution in [1.29, 1.82) is 0 Å². The minimum Gasteiger partial charge on any atom is -0.388 e. The van der Waals surface area contributed by atoms with Gasteiger partial charge in [-0.1, -0.05) is 37.3 Å². The predicted octanol–water partition coefficient (Wildman–Crippen LogP) is 1.89. The fraction of sp³-hybridized carbons (Fsp3) is 0.611. The van der Waals surface area contributed by atoms with Crippen LogP contribution in [0, 0.1) is 0 Å². The molecular weight excluding hydrogens is 290 g/mol. The van der Waals surface area contributed by atoms with Crippen molar-refractivity contribution in [3.8, 4) is 0 Å². The van der Waals surface area contributed by atoms with Crippen LogP contribution in [0.1, 0.15) is 38.2 Å². The summed E-state index contributed by atoms with van der Waals surface area (Å²) in [5.41, 5.74) is 0.574. The number of nitrogens with zero attached hydrogens (tertiary/aromatic N) is 1. The van der Waals surface area contributed by atoms with E-state index in [1.807, 2.05) is 13.0 Å². The molecule has 1 aliphatic heterocycles. The number of hydrogen-bond donors (Lipinski definition) is 3. The molecule has 3 N–H and O–H groups in total. The summed E-state index contributed by atoms with van der Waals surface area (Å²) in [7, 11) is 0. The van der Waals surface area contributed by atoms with Crippen LogP contribution in [0.15, 0.2) is 35.3 Å². The molecule has 1 aliphatic rings. The van der Waals surface area contributed by atoms with Gasteiger partial charge in [-0.15, -0.1) is 0 Å². The maximum absolute atomic E-state index is 10.5. The Hall–Kier alpha value is -1.59. The highest BCUT2D eigenvalue weighted by Gasteiger charge is 2.29. The van der Waals surface area contributed by atoms with Crippen LogP contribution < -0.4 is 10.6 Å². The van der Waals surface area contributed by atoms with Crippen LogP contribution in [0.4, 0.5) is 0 Å². The lowest BCUT2D eigenvalue weighted by Gasteiger charge is -2.30. The van der Waals surface area contributed by atoms with Crippen molar-refractivity contribution >= 4 is 5.96 Å². The van der Waals surface area contributed by atoms with E-state index in [4.69, 9.17) is 4.74 Å². The summed E-state index contributed by atoms with van der Waals surface area (Å²) in [5.74, 6) is 1.15. The number of benzene rings is 1. The fourth-order valence-corrected chi connectivity index (χ4v) is 2.63. The zero-order valence-electron chi connectivity index (χ0n) is 14.2. The van der Waals surface area contributed by atoms with E-state index in [2.05, 4.69) is 46.8 Å². The molecule has 1 aromatic carbocycles. The number of ether oxygens (including phenoxy) is 1. The van der Waals surface area contributed by atoms with Crippen LogP contribution in [0.5, 0.6) is 0 Å². The van der Waals surface area contributed by atoms with E-state index in [-0.39, 0.29) is 0 Å². The van der Waals surface area contributed by atoms with E-state index in [0.717, 1.165) is 19.0 Å². The van der Waals surface area contributed by atoms with Gasteiger partial charge in [0.1, 0.15) is 0 Å². The molecule has 1 aromatic rings. The molecular formula is C18H29N3O2. The first-order valence-electron chi connectivity index (χ1n) is 8.50. The highest BCUT2D eigenvalue weighted by atomic mass is 16.5. The van der Waals surface area contributed by atoms with Gasteiger partial charge in [0.2, 0.25) is 0 Å². The largest absolute Gasteiger partial charge is 0.388 e. The molecule has 5 nitrogen and oxygen atoms in total. The zero-order valence-corrected chi connectivity index (χ0v) is 14.2. The van der Waals surface area contributed by atoms with Gasteiger partial charge in [-0.25, -0.2) is 0 Å². The molecule has 1 fully saturated rings. The fourth-order valence-electron chi connectivity index (χ4n) is 2.63. The van der Waals surface area contributed by atoms with Gasteiger partial charge >= 0.3 is 0 Å². The molecule has 0 aliphatic carbocycles. The Morgan fingerprint density at radius 2 is 1.96 bits per heavy atom. The van der Waals surface area contributed by atoms with Gasteiger partial charge in [-0.05, 0) is 18.4 Å². The van der Waals surface area contributed by atoms with Crippen LogP contribution in [0.3, 0.4) is 0 Å². The molecule has 0 amide bonds. The monoisotopic (exact) mass is 319 g/mol. The maximum Gasteiger partial charge on any atom is 0.191 e. The second-order valence-corrected chi connectivity index (χ2v) is 6.22. The third kappa shape index (κ3) is 5.84. The number of guanidine groups is 1. The van der Waals surface area contributed by atoms with Gasteiger partial charge in [0, 0.05) is 39.1 Å². The molecule has 0 saturated carbocycles. The lowest BCUT2D eigenvalue weighted by atomic mass is 9.95. The van der Waals surface area contributed by atoms with Crippen molar-refractivity contribution in [2.24, 2.45) is 4.99 Å². The van der Waals surface area contributed by atoms with E-state index in [9.17, 15) is 5.11 Å². The van der Waals surface area contributed by atoms with Gasteiger partial charge in [-0.2, -0.15) is 0 Å². The molecule has 1 unspecified atom stereocenters. The molecule has 0 bridgehead atoms. The summed E-state index contributed by atoms with van der Waals surface area (Å²) in [4.78, 5) is 4.56. The average molecular weight is 319 g/mol. The molecule has 2 rings (SSSR count). The van der Waals surface area contributed by atoms with Crippen LogP contribution in [0.25, 0.3) is 0 Å². The third-order valence-electron chi connectivity index (χ3n) is 4.24. The first kappa shape index (κ1) is 17.8. The quantitative estimate of drug-likeness (QED) is 0.553. The minimum atomic E-state index is -0.731. The normalized spacial score (nSPS) is 19.2. The summed E-state index contributed by atoms with van der Waals surface area (Å²) in [6.45, 7) is 7.47. The van der Waals surface area contributed by atoms with E-state index in [0.29, 0.717) is 38.5 Å². The Labute approximate surface area is 139 Å². The Kier molecular flexibility index (Phi) is 6.86. The Morgan fingerprint density at radius 3 is 2.61 bits per heavy atom. The predicted molar refractivity (Wildman–Crippen MR) is 93.8 cm³/mol. The third-order valence-corrected chi connectivity index (χ3v) is 4.24. The molecule has 1 atom stereocenters. The zero-order chi connectivity index (χ0) is 16.5.